The predicted molar refractivity (Wildman–Crippen MR) is 61.7 cm³/mol. The maximum Gasteiger partial charge on any atom is 0.307 e. The van der Waals surface area contributed by atoms with Gasteiger partial charge in [0.15, 0.2) is 0 Å². The molecule has 0 aliphatic rings. The van der Waals surface area contributed by atoms with Crippen molar-refractivity contribution in [1.29, 1.82) is 0 Å². The number of halogens is 1. The average molecular weight is 257 g/mol. The lowest BCUT2D eigenvalue weighted by atomic mass is 10.2. The summed E-state index contributed by atoms with van der Waals surface area (Å²) in [5.41, 5.74) is 0.760. The Bertz CT molecular complexity index is 510. The second-order valence-corrected chi connectivity index (χ2v) is 5.07. The molecule has 1 atom stereocenters. The van der Waals surface area contributed by atoms with Gasteiger partial charge in [-0.15, -0.1) is 5.10 Å². The molecule has 4 nitrogen and oxygen atoms in total. The second-order valence-electron chi connectivity index (χ2n) is 3.01. The van der Waals surface area contributed by atoms with Crippen molar-refractivity contribution in [3.8, 4) is 11.5 Å². The molecular formula is C10H9ClN2O2S. The Morgan fingerprint density at radius 3 is 2.62 bits per heavy atom. The lowest BCUT2D eigenvalue weighted by molar-refractivity contribution is 0.456. The van der Waals surface area contributed by atoms with Gasteiger partial charge in [0.1, 0.15) is 10.8 Å². The number of hydrogen-bond acceptors (Lipinski definition) is 4. The third-order valence-corrected chi connectivity index (χ3v) is 3.29. The summed E-state index contributed by atoms with van der Waals surface area (Å²) in [6, 6.07) is 7.01. The number of hydrogen-bond donors (Lipinski definition) is 0. The van der Waals surface area contributed by atoms with E-state index < -0.39 is 10.8 Å². The molecule has 0 saturated heterocycles. The molecule has 1 unspecified atom stereocenters. The van der Waals surface area contributed by atoms with Crippen molar-refractivity contribution >= 4 is 22.4 Å². The van der Waals surface area contributed by atoms with Crippen LogP contribution in [-0.2, 0) is 10.8 Å². The summed E-state index contributed by atoms with van der Waals surface area (Å²) in [4.78, 5) is 0. The molecule has 0 N–H and O–H groups in total. The van der Waals surface area contributed by atoms with Gasteiger partial charge in [0, 0.05) is 16.3 Å². The van der Waals surface area contributed by atoms with Crippen LogP contribution in [0.5, 0.6) is 0 Å². The van der Waals surface area contributed by atoms with Crippen LogP contribution in [0, 0.1) is 0 Å². The molecule has 0 bridgehead atoms. The molecule has 1 heterocycles. The molecule has 0 fully saturated rings. The lowest BCUT2D eigenvalue weighted by Crippen LogP contribution is -1.93. The van der Waals surface area contributed by atoms with Crippen LogP contribution < -0.4 is 0 Å². The quantitative estimate of drug-likeness (QED) is 0.847. The summed E-state index contributed by atoms with van der Waals surface area (Å²) in [6.07, 6.45) is 0. The predicted octanol–water partition coefficient (Wildman–Crippen LogP) is 2.52. The Labute approximate surface area is 100 Å². The van der Waals surface area contributed by atoms with Gasteiger partial charge >= 0.3 is 5.22 Å². The Kier molecular flexibility index (Phi) is 3.36. The Balaban J connectivity index is 2.31. The van der Waals surface area contributed by atoms with E-state index in [9.17, 15) is 4.21 Å². The highest BCUT2D eigenvalue weighted by Crippen LogP contribution is 2.21. The number of aromatic nitrogens is 2. The molecule has 0 radical (unpaired) electrons. The zero-order chi connectivity index (χ0) is 11.5. The van der Waals surface area contributed by atoms with E-state index in [0.717, 1.165) is 5.56 Å². The third kappa shape index (κ3) is 2.31. The molecule has 84 valence electrons. The first-order chi connectivity index (χ1) is 7.70. The van der Waals surface area contributed by atoms with Gasteiger partial charge in [0.25, 0.3) is 0 Å². The summed E-state index contributed by atoms with van der Waals surface area (Å²) in [6.45, 7) is 1.79. The number of rotatable bonds is 3. The number of benzene rings is 1. The Morgan fingerprint density at radius 2 is 2.00 bits per heavy atom. The molecule has 16 heavy (non-hydrogen) atoms. The van der Waals surface area contributed by atoms with Crippen LogP contribution in [-0.4, -0.2) is 20.2 Å². The first-order valence-electron chi connectivity index (χ1n) is 4.68. The fraction of sp³-hybridized carbons (Fsp3) is 0.200. The van der Waals surface area contributed by atoms with Gasteiger partial charge in [-0.05, 0) is 24.3 Å². The molecule has 1 aromatic carbocycles. The topological polar surface area (TPSA) is 56.0 Å². The van der Waals surface area contributed by atoms with Crippen molar-refractivity contribution in [1.82, 2.24) is 10.2 Å². The normalized spacial score (nSPS) is 12.6. The van der Waals surface area contributed by atoms with E-state index in [4.69, 9.17) is 16.0 Å². The van der Waals surface area contributed by atoms with Gasteiger partial charge in [0.2, 0.25) is 5.89 Å². The first-order valence-corrected chi connectivity index (χ1v) is 6.38. The van der Waals surface area contributed by atoms with E-state index >= 15 is 0 Å². The van der Waals surface area contributed by atoms with Crippen LogP contribution in [0.4, 0.5) is 0 Å². The van der Waals surface area contributed by atoms with Crippen molar-refractivity contribution in [2.75, 3.05) is 5.75 Å². The van der Waals surface area contributed by atoms with Crippen molar-refractivity contribution < 1.29 is 8.63 Å². The summed E-state index contributed by atoms with van der Waals surface area (Å²) >= 11 is 5.76. The van der Waals surface area contributed by atoms with Crippen molar-refractivity contribution in [2.24, 2.45) is 0 Å². The highest BCUT2D eigenvalue weighted by atomic mass is 35.5. The zero-order valence-electron chi connectivity index (χ0n) is 8.51. The minimum atomic E-state index is -1.21. The largest absolute Gasteiger partial charge is 0.410 e. The Hall–Kier alpha value is -1.20. The van der Waals surface area contributed by atoms with Gasteiger partial charge in [-0.25, -0.2) is 4.21 Å². The number of nitrogens with zero attached hydrogens (tertiary/aromatic N) is 2. The highest BCUT2D eigenvalue weighted by molar-refractivity contribution is 7.84. The van der Waals surface area contributed by atoms with Crippen LogP contribution in [0.1, 0.15) is 6.92 Å². The van der Waals surface area contributed by atoms with Gasteiger partial charge in [-0.3, -0.25) is 0 Å². The van der Waals surface area contributed by atoms with Crippen molar-refractivity contribution in [2.45, 2.75) is 12.1 Å². The van der Waals surface area contributed by atoms with Gasteiger partial charge in [-0.1, -0.05) is 23.6 Å². The molecule has 0 saturated carbocycles. The SMILES string of the molecule is CCS(=O)c1nnc(-c2ccc(Cl)cc2)o1. The minimum absolute atomic E-state index is 0.160. The standard InChI is InChI=1S/C10H9ClN2O2S/c1-2-16(14)10-13-12-9(15-10)7-3-5-8(11)6-4-7/h3-6H,2H2,1H3. The van der Waals surface area contributed by atoms with Crippen LogP contribution in [0.2, 0.25) is 5.02 Å². The van der Waals surface area contributed by atoms with Crippen LogP contribution >= 0.6 is 11.6 Å². The smallest absolute Gasteiger partial charge is 0.307 e. The molecule has 0 amide bonds. The van der Waals surface area contributed by atoms with Crippen LogP contribution in [0.25, 0.3) is 11.5 Å². The van der Waals surface area contributed by atoms with E-state index in [1.807, 2.05) is 0 Å². The lowest BCUT2D eigenvalue weighted by Gasteiger charge is -1.94. The van der Waals surface area contributed by atoms with Crippen molar-refractivity contribution in [3.05, 3.63) is 29.3 Å². The summed E-state index contributed by atoms with van der Waals surface area (Å²) in [7, 11) is -1.21. The highest BCUT2D eigenvalue weighted by Gasteiger charge is 2.12. The molecule has 1 aromatic heterocycles. The van der Waals surface area contributed by atoms with Gasteiger partial charge in [0.05, 0.1) is 0 Å². The maximum absolute atomic E-state index is 11.4. The molecular weight excluding hydrogens is 248 g/mol. The summed E-state index contributed by atoms with van der Waals surface area (Å²) in [5, 5.41) is 8.37. The van der Waals surface area contributed by atoms with E-state index in [1.165, 1.54) is 0 Å². The average Bonchev–Trinajstić information content (AvgIpc) is 2.78. The molecule has 2 aromatic rings. The van der Waals surface area contributed by atoms with Crippen LogP contribution in [0.15, 0.2) is 33.9 Å². The minimum Gasteiger partial charge on any atom is -0.410 e. The van der Waals surface area contributed by atoms with Crippen molar-refractivity contribution in [3.63, 3.8) is 0 Å². The fourth-order valence-electron chi connectivity index (χ4n) is 1.13. The van der Waals surface area contributed by atoms with E-state index in [1.54, 1.807) is 31.2 Å². The molecule has 0 aliphatic heterocycles. The second kappa shape index (κ2) is 4.76. The summed E-state index contributed by atoms with van der Waals surface area (Å²) in [5.74, 6) is 0.816. The molecule has 6 heteroatoms. The Morgan fingerprint density at radius 1 is 1.31 bits per heavy atom. The molecule has 0 spiro atoms. The maximum atomic E-state index is 11.4. The monoisotopic (exact) mass is 256 g/mol. The van der Waals surface area contributed by atoms with Gasteiger partial charge < -0.3 is 4.42 Å². The summed E-state index contributed by atoms with van der Waals surface area (Å²) < 4.78 is 16.7. The van der Waals surface area contributed by atoms with E-state index in [-0.39, 0.29) is 5.22 Å². The third-order valence-electron chi connectivity index (χ3n) is 1.95. The van der Waals surface area contributed by atoms with E-state index in [0.29, 0.717) is 16.7 Å². The molecule has 2 rings (SSSR count). The molecule has 0 aliphatic carbocycles. The fourth-order valence-corrected chi connectivity index (χ4v) is 1.81. The van der Waals surface area contributed by atoms with E-state index in [2.05, 4.69) is 10.2 Å². The zero-order valence-corrected chi connectivity index (χ0v) is 10.1. The first kappa shape index (κ1) is 11.3. The van der Waals surface area contributed by atoms with Gasteiger partial charge in [-0.2, -0.15) is 0 Å². The van der Waals surface area contributed by atoms with Crippen LogP contribution in [0.3, 0.4) is 0 Å².